The Hall–Kier alpha value is -1.02. The maximum absolute atomic E-state index is 9.47. The van der Waals surface area contributed by atoms with E-state index >= 15 is 0 Å². The molecule has 2 rings (SSSR count). The van der Waals surface area contributed by atoms with Gasteiger partial charge in [0.25, 0.3) is 0 Å². The van der Waals surface area contributed by atoms with Gasteiger partial charge in [-0.3, -0.25) is 0 Å². The summed E-state index contributed by atoms with van der Waals surface area (Å²) in [5, 5.41) is 9.47. The standard InChI is InChI=1S/C13H19NO/c1-10-7-12-5-3-4-6-13(12)14(8-10)9-11(2)15/h3-6,10-11,15H,7-9H2,1-2H3/t10?,11-/m0/s1. The highest BCUT2D eigenvalue weighted by molar-refractivity contribution is 5.55. The van der Waals surface area contributed by atoms with E-state index in [1.807, 2.05) is 6.92 Å². The van der Waals surface area contributed by atoms with Crippen LogP contribution in [0.15, 0.2) is 24.3 Å². The van der Waals surface area contributed by atoms with E-state index in [0.29, 0.717) is 5.92 Å². The third-order valence-electron chi connectivity index (χ3n) is 2.92. The molecule has 82 valence electrons. The molecule has 0 bridgehead atoms. The van der Waals surface area contributed by atoms with Gasteiger partial charge in [-0.25, -0.2) is 0 Å². The molecule has 1 aliphatic heterocycles. The zero-order valence-electron chi connectivity index (χ0n) is 9.48. The van der Waals surface area contributed by atoms with Crippen molar-refractivity contribution in [1.82, 2.24) is 0 Å². The lowest BCUT2D eigenvalue weighted by molar-refractivity contribution is 0.198. The number of hydrogen-bond acceptors (Lipinski definition) is 2. The topological polar surface area (TPSA) is 23.5 Å². The Bertz CT molecular complexity index is 335. The first-order valence-corrected chi connectivity index (χ1v) is 5.67. The summed E-state index contributed by atoms with van der Waals surface area (Å²) in [4.78, 5) is 2.30. The number of para-hydroxylation sites is 1. The number of rotatable bonds is 2. The van der Waals surface area contributed by atoms with E-state index in [4.69, 9.17) is 0 Å². The second-order valence-electron chi connectivity index (χ2n) is 4.69. The van der Waals surface area contributed by atoms with Crippen molar-refractivity contribution in [2.75, 3.05) is 18.0 Å². The third-order valence-corrected chi connectivity index (χ3v) is 2.92. The van der Waals surface area contributed by atoms with E-state index in [2.05, 4.69) is 36.1 Å². The molecule has 2 nitrogen and oxygen atoms in total. The van der Waals surface area contributed by atoms with Gasteiger partial charge in [0, 0.05) is 18.8 Å². The highest BCUT2D eigenvalue weighted by Crippen LogP contribution is 2.29. The molecule has 1 N–H and O–H groups in total. The Morgan fingerprint density at radius 1 is 1.47 bits per heavy atom. The van der Waals surface area contributed by atoms with Crippen molar-refractivity contribution >= 4 is 5.69 Å². The van der Waals surface area contributed by atoms with Gasteiger partial charge in [0.15, 0.2) is 0 Å². The number of benzene rings is 1. The van der Waals surface area contributed by atoms with E-state index in [0.717, 1.165) is 19.5 Å². The average molecular weight is 205 g/mol. The van der Waals surface area contributed by atoms with Crippen LogP contribution in [0.25, 0.3) is 0 Å². The van der Waals surface area contributed by atoms with Gasteiger partial charge in [0.05, 0.1) is 6.10 Å². The molecule has 0 amide bonds. The largest absolute Gasteiger partial charge is 0.392 e. The predicted octanol–water partition coefficient (Wildman–Crippen LogP) is 2.07. The second kappa shape index (κ2) is 4.23. The number of aliphatic hydroxyl groups is 1. The molecule has 0 spiro atoms. The van der Waals surface area contributed by atoms with Crippen molar-refractivity contribution in [3.05, 3.63) is 29.8 Å². The molecule has 1 aromatic rings. The van der Waals surface area contributed by atoms with Gasteiger partial charge in [0.1, 0.15) is 0 Å². The van der Waals surface area contributed by atoms with E-state index in [1.165, 1.54) is 11.3 Å². The van der Waals surface area contributed by atoms with Crippen molar-refractivity contribution in [3.63, 3.8) is 0 Å². The lowest BCUT2D eigenvalue weighted by atomic mass is 9.94. The Kier molecular flexibility index (Phi) is 2.96. The van der Waals surface area contributed by atoms with Crippen LogP contribution in [0.5, 0.6) is 0 Å². The van der Waals surface area contributed by atoms with Gasteiger partial charge >= 0.3 is 0 Å². The van der Waals surface area contributed by atoms with Gasteiger partial charge < -0.3 is 10.0 Å². The number of aliphatic hydroxyl groups excluding tert-OH is 1. The van der Waals surface area contributed by atoms with Crippen LogP contribution in [0.1, 0.15) is 19.4 Å². The molecular weight excluding hydrogens is 186 g/mol. The molecule has 2 heteroatoms. The van der Waals surface area contributed by atoms with Crippen molar-refractivity contribution in [2.45, 2.75) is 26.4 Å². The van der Waals surface area contributed by atoms with Crippen LogP contribution in [0, 0.1) is 5.92 Å². The fraction of sp³-hybridized carbons (Fsp3) is 0.538. The van der Waals surface area contributed by atoms with Crippen molar-refractivity contribution < 1.29 is 5.11 Å². The molecule has 0 radical (unpaired) electrons. The van der Waals surface area contributed by atoms with Crippen LogP contribution in [0.2, 0.25) is 0 Å². The Labute approximate surface area is 91.5 Å². The highest BCUT2D eigenvalue weighted by atomic mass is 16.3. The lowest BCUT2D eigenvalue weighted by Crippen LogP contribution is -2.38. The van der Waals surface area contributed by atoms with Crippen LogP contribution in [0.3, 0.4) is 0 Å². The minimum Gasteiger partial charge on any atom is -0.392 e. The van der Waals surface area contributed by atoms with Crippen LogP contribution >= 0.6 is 0 Å². The molecular formula is C13H19NO. The molecule has 0 fully saturated rings. The SMILES string of the molecule is CC1Cc2ccccc2N(C[C@H](C)O)C1. The molecule has 2 atom stereocenters. The molecule has 0 saturated carbocycles. The van der Waals surface area contributed by atoms with Crippen LogP contribution in [-0.4, -0.2) is 24.3 Å². The Morgan fingerprint density at radius 3 is 2.93 bits per heavy atom. The molecule has 0 aromatic heterocycles. The summed E-state index contributed by atoms with van der Waals surface area (Å²) in [5.74, 6) is 0.679. The lowest BCUT2D eigenvalue weighted by Gasteiger charge is -2.35. The fourth-order valence-electron chi connectivity index (χ4n) is 2.40. The molecule has 1 unspecified atom stereocenters. The second-order valence-corrected chi connectivity index (χ2v) is 4.69. The van der Waals surface area contributed by atoms with E-state index < -0.39 is 0 Å². The van der Waals surface area contributed by atoms with E-state index in [9.17, 15) is 5.11 Å². The Morgan fingerprint density at radius 2 is 2.20 bits per heavy atom. The number of β-amino-alcohol motifs (C(OH)–C–C–N with tert-alkyl or cyclic N) is 1. The first-order valence-electron chi connectivity index (χ1n) is 5.67. The minimum absolute atomic E-state index is 0.261. The molecule has 0 aliphatic carbocycles. The number of fused-ring (bicyclic) bond motifs is 1. The summed E-state index contributed by atoms with van der Waals surface area (Å²) < 4.78 is 0. The quantitative estimate of drug-likeness (QED) is 0.799. The smallest absolute Gasteiger partial charge is 0.0687 e. The summed E-state index contributed by atoms with van der Waals surface area (Å²) in [5.41, 5.74) is 2.72. The predicted molar refractivity (Wildman–Crippen MR) is 63.2 cm³/mol. The molecule has 0 saturated heterocycles. The van der Waals surface area contributed by atoms with Crippen LogP contribution in [0.4, 0.5) is 5.69 Å². The summed E-state index contributed by atoms with van der Waals surface area (Å²) >= 11 is 0. The summed E-state index contributed by atoms with van der Waals surface area (Å²) in [7, 11) is 0. The average Bonchev–Trinajstić information content (AvgIpc) is 2.16. The first kappa shape index (κ1) is 10.5. The third kappa shape index (κ3) is 2.32. The van der Waals surface area contributed by atoms with Crippen molar-refractivity contribution in [1.29, 1.82) is 0 Å². The maximum atomic E-state index is 9.47. The molecule has 1 aliphatic rings. The summed E-state index contributed by atoms with van der Waals surface area (Å²) in [6.45, 7) is 5.91. The van der Waals surface area contributed by atoms with Gasteiger partial charge in [0.2, 0.25) is 0 Å². The van der Waals surface area contributed by atoms with Crippen molar-refractivity contribution in [2.24, 2.45) is 5.92 Å². The summed E-state index contributed by atoms with van der Waals surface area (Å²) in [6.07, 6.45) is 0.898. The normalized spacial score (nSPS) is 22.3. The molecule has 15 heavy (non-hydrogen) atoms. The van der Waals surface area contributed by atoms with Gasteiger partial charge in [-0.15, -0.1) is 0 Å². The van der Waals surface area contributed by atoms with E-state index in [1.54, 1.807) is 0 Å². The highest BCUT2D eigenvalue weighted by Gasteiger charge is 2.21. The fourth-order valence-corrected chi connectivity index (χ4v) is 2.40. The zero-order chi connectivity index (χ0) is 10.8. The monoisotopic (exact) mass is 205 g/mol. The summed E-state index contributed by atoms with van der Waals surface area (Å²) in [6, 6.07) is 8.52. The maximum Gasteiger partial charge on any atom is 0.0687 e. The van der Waals surface area contributed by atoms with Crippen LogP contribution < -0.4 is 4.90 Å². The molecule has 1 aromatic carbocycles. The van der Waals surface area contributed by atoms with Crippen LogP contribution in [-0.2, 0) is 6.42 Å². The van der Waals surface area contributed by atoms with Gasteiger partial charge in [-0.05, 0) is 30.9 Å². The molecule has 1 heterocycles. The zero-order valence-corrected chi connectivity index (χ0v) is 9.48. The number of hydrogen-bond donors (Lipinski definition) is 1. The van der Waals surface area contributed by atoms with Gasteiger partial charge in [-0.1, -0.05) is 25.1 Å². The minimum atomic E-state index is -0.261. The van der Waals surface area contributed by atoms with Gasteiger partial charge in [-0.2, -0.15) is 0 Å². The number of anilines is 1. The van der Waals surface area contributed by atoms with Crippen molar-refractivity contribution in [3.8, 4) is 0 Å². The Balaban J connectivity index is 2.26. The van der Waals surface area contributed by atoms with E-state index in [-0.39, 0.29) is 6.10 Å². The first-order chi connectivity index (χ1) is 7.16. The number of nitrogens with zero attached hydrogens (tertiary/aromatic N) is 1.